The predicted molar refractivity (Wildman–Crippen MR) is 98.3 cm³/mol. The SMILES string of the molecule is Nc1nc2cc(-c3csc(C(=O)NCc4ccc(F)cc4)c3)ccn2n1. The second-order valence-corrected chi connectivity index (χ2v) is 6.61. The Labute approximate surface area is 152 Å². The number of halogens is 1. The van der Waals surface area contributed by atoms with Crippen LogP contribution in [0.3, 0.4) is 0 Å². The van der Waals surface area contributed by atoms with Crippen molar-refractivity contribution < 1.29 is 9.18 Å². The first-order chi connectivity index (χ1) is 12.6. The standard InChI is InChI=1S/C18H14FN5OS/c19-14-3-1-11(2-4-14)9-21-17(25)15-7-13(10-26-15)12-5-6-24-16(8-12)22-18(20)23-24/h1-8,10H,9H2,(H2,20,23)(H,21,25). The molecule has 1 amide bonds. The minimum Gasteiger partial charge on any atom is -0.366 e. The molecule has 26 heavy (non-hydrogen) atoms. The summed E-state index contributed by atoms with van der Waals surface area (Å²) in [5, 5.41) is 8.79. The van der Waals surface area contributed by atoms with Crippen molar-refractivity contribution in [1.82, 2.24) is 19.9 Å². The lowest BCUT2D eigenvalue weighted by molar-refractivity contribution is 0.0955. The van der Waals surface area contributed by atoms with Gasteiger partial charge in [-0.15, -0.1) is 16.4 Å². The number of hydrogen-bond acceptors (Lipinski definition) is 5. The van der Waals surface area contributed by atoms with Gasteiger partial charge in [0, 0.05) is 12.7 Å². The topological polar surface area (TPSA) is 85.3 Å². The number of amides is 1. The van der Waals surface area contributed by atoms with E-state index in [2.05, 4.69) is 15.4 Å². The van der Waals surface area contributed by atoms with Crippen LogP contribution >= 0.6 is 11.3 Å². The number of aromatic nitrogens is 3. The number of nitrogens with two attached hydrogens (primary N) is 1. The molecule has 4 aromatic rings. The number of carbonyl (C=O) groups is 1. The van der Waals surface area contributed by atoms with E-state index >= 15 is 0 Å². The van der Waals surface area contributed by atoms with E-state index in [1.807, 2.05) is 23.6 Å². The molecule has 0 atom stereocenters. The molecule has 0 aliphatic carbocycles. The van der Waals surface area contributed by atoms with Crippen LogP contribution in [0, 0.1) is 5.82 Å². The third-order valence-corrected chi connectivity index (χ3v) is 4.81. The average molecular weight is 367 g/mol. The molecule has 6 nitrogen and oxygen atoms in total. The number of anilines is 1. The Morgan fingerprint density at radius 3 is 2.81 bits per heavy atom. The van der Waals surface area contributed by atoms with Crippen molar-refractivity contribution >= 4 is 28.8 Å². The van der Waals surface area contributed by atoms with Gasteiger partial charge in [0.05, 0.1) is 4.88 Å². The normalized spacial score (nSPS) is 11.0. The number of nitrogens with zero attached hydrogens (tertiary/aromatic N) is 3. The lowest BCUT2D eigenvalue weighted by atomic mass is 10.1. The summed E-state index contributed by atoms with van der Waals surface area (Å²) in [4.78, 5) is 17.1. The molecule has 0 bridgehead atoms. The van der Waals surface area contributed by atoms with Gasteiger partial charge in [-0.2, -0.15) is 4.98 Å². The van der Waals surface area contributed by atoms with Crippen molar-refractivity contribution in [2.24, 2.45) is 0 Å². The van der Waals surface area contributed by atoms with E-state index in [4.69, 9.17) is 5.73 Å². The van der Waals surface area contributed by atoms with Gasteiger partial charge < -0.3 is 11.1 Å². The van der Waals surface area contributed by atoms with Gasteiger partial charge in [-0.05, 0) is 52.4 Å². The summed E-state index contributed by atoms with van der Waals surface area (Å²) < 4.78 is 14.5. The van der Waals surface area contributed by atoms with Gasteiger partial charge in [0.25, 0.3) is 5.91 Å². The fraction of sp³-hybridized carbons (Fsp3) is 0.0556. The molecule has 0 aliphatic rings. The highest BCUT2D eigenvalue weighted by atomic mass is 32.1. The maximum absolute atomic E-state index is 12.9. The number of nitrogens with one attached hydrogen (secondary N) is 1. The van der Waals surface area contributed by atoms with Gasteiger partial charge in [-0.3, -0.25) is 4.79 Å². The van der Waals surface area contributed by atoms with Gasteiger partial charge in [-0.1, -0.05) is 12.1 Å². The smallest absolute Gasteiger partial charge is 0.261 e. The highest BCUT2D eigenvalue weighted by Gasteiger charge is 2.11. The first-order valence-corrected chi connectivity index (χ1v) is 8.70. The van der Waals surface area contributed by atoms with E-state index in [0.29, 0.717) is 17.1 Å². The van der Waals surface area contributed by atoms with Crippen LogP contribution < -0.4 is 11.1 Å². The third-order valence-electron chi connectivity index (χ3n) is 3.88. The van der Waals surface area contributed by atoms with Crippen molar-refractivity contribution in [3.8, 4) is 11.1 Å². The van der Waals surface area contributed by atoms with Crippen LogP contribution in [0.25, 0.3) is 16.8 Å². The lowest BCUT2D eigenvalue weighted by Gasteiger charge is -2.03. The minimum absolute atomic E-state index is 0.168. The van der Waals surface area contributed by atoms with Crippen molar-refractivity contribution in [3.05, 3.63) is 70.3 Å². The molecule has 130 valence electrons. The first-order valence-electron chi connectivity index (χ1n) is 7.82. The lowest BCUT2D eigenvalue weighted by Crippen LogP contribution is -2.21. The fourth-order valence-electron chi connectivity index (χ4n) is 2.56. The Bertz CT molecular complexity index is 1090. The summed E-state index contributed by atoms with van der Waals surface area (Å²) in [5.41, 5.74) is 8.94. The fourth-order valence-corrected chi connectivity index (χ4v) is 3.39. The van der Waals surface area contributed by atoms with Crippen LogP contribution in [0.1, 0.15) is 15.2 Å². The number of carbonyl (C=O) groups excluding carboxylic acids is 1. The second-order valence-electron chi connectivity index (χ2n) is 5.70. The Kier molecular flexibility index (Phi) is 4.10. The molecule has 3 heterocycles. The first kappa shape index (κ1) is 16.2. The van der Waals surface area contributed by atoms with E-state index in [1.165, 1.54) is 23.5 Å². The molecule has 0 aliphatic heterocycles. The third kappa shape index (κ3) is 3.27. The molecule has 0 spiro atoms. The maximum atomic E-state index is 12.9. The maximum Gasteiger partial charge on any atom is 0.261 e. The van der Waals surface area contributed by atoms with Gasteiger partial charge in [0.1, 0.15) is 5.82 Å². The van der Waals surface area contributed by atoms with Crippen molar-refractivity contribution in [1.29, 1.82) is 0 Å². The van der Waals surface area contributed by atoms with Gasteiger partial charge >= 0.3 is 0 Å². The highest BCUT2D eigenvalue weighted by Crippen LogP contribution is 2.26. The second kappa shape index (κ2) is 6.57. The van der Waals surface area contributed by atoms with E-state index in [-0.39, 0.29) is 17.7 Å². The van der Waals surface area contributed by atoms with E-state index in [9.17, 15) is 9.18 Å². The summed E-state index contributed by atoms with van der Waals surface area (Å²) in [6.45, 7) is 0.345. The molecule has 0 saturated heterocycles. The summed E-state index contributed by atoms with van der Waals surface area (Å²) in [5.74, 6) is -0.249. The molecule has 3 N–H and O–H groups in total. The number of fused-ring (bicyclic) bond motifs is 1. The largest absolute Gasteiger partial charge is 0.366 e. The summed E-state index contributed by atoms with van der Waals surface area (Å²) in [7, 11) is 0. The van der Waals surface area contributed by atoms with Crippen LogP contribution in [-0.2, 0) is 6.54 Å². The molecule has 0 radical (unpaired) electrons. The number of rotatable bonds is 4. The Balaban J connectivity index is 1.49. The monoisotopic (exact) mass is 367 g/mol. The zero-order valence-corrected chi connectivity index (χ0v) is 14.3. The van der Waals surface area contributed by atoms with Crippen LogP contribution in [-0.4, -0.2) is 20.5 Å². The van der Waals surface area contributed by atoms with E-state index in [0.717, 1.165) is 16.7 Å². The Morgan fingerprint density at radius 1 is 1.19 bits per heavy atom. The molecule has 8 heteroatoms. The molecule has 4 rings (SSSR count). The summed E-state index contributed by atoms with van der Waals surface area (Å²) in [6.07, 6.45) is 1.78. The summed E-state index contributed by atoms with van der Waals surface area (Å²) >= 11 is 1.36. The number of hydrogen-bond donors (Lipinski definition) is 2. The Morgan fingerprint density at radius 2 is 2.00 bits per heavy atom. The van der Waals surface area contributed by atoms with Gasteiger partial charge in [0.15, 0.2) is 5.65 Å². The summed E-state index contributed by atoms with van der Waals surface area (Å²) in [6, 6.07) is 11.6. The van der Waals surface area contributed by atoms with Crippen molar-refractivity contribution in [3.63, 3.8) is 0 Å². The molecular weight excluding hydrogens is 353 g/mol. The van der Waals surface area contributed by atoms with Crippen LogP contribution in [0.2, 0.25) is 0 Å². The van der Waals surface area contributed by atoms with Gasteiger partial charge in [0.2, 0.25) is 5.95 Å². The average Bonchev–Trinajstić information content (AvgIpc) is 3.26. The zero-order valence-electron chi connectivity index (χ0n) is 13.5. The van der Waals surface area contributed by atoms with Gasteiger partial charge in [-0.25, -0.2) is 8.91 Å². The molecular formula is C18H14FN5OS. The predicted octanol–water partition coefficient (Wildman–Crippen LogP) is 3.11. The molecule has 0 unspecified atom stereocenters. The number of pyridine rings is 1. The van der Waals surface area contributed by atoms with E-state index < -0.39 is 0 Å². The molecule has 1 aromatic carbocycles. The number of thiophene rings is 1. The highest BCUT2D eigenvalue weighted by molar-refractivity contribution is 7.12. The minimum atomic E-state index is -0.297. The Hall–Kier alpha value is -3.26. The molecule has 0 fully saturated rings. The number of nitrogen functional groups attached to an aromatic ring is 1. The zero-order chi connectivity index (χ0) is 18.1. The molecule has 3 aromatic heterocycles. The van der Waals surface area contributed by atoms with Crippen LogP contribution in [0.5, 0.6) is 0 Å². The van der Waals surface area contributed by atoms with Crippen molar-refractivity contribution in [2.75, 3.05) is 5.73 Å². The van der Waals surface area contributed by atoms with Crippen LogP contribution in [0.4, 0.5) is 10.3 Å². The quantitative estimate of drug-likeness (QED) is 0.580. The number of benzene rings is 1. The van der Waals surface area contributed by atoms with E-state index in [1.54, 1.807) is 22.8 Å². The van der Waals surface area contributed by atoms with Crippen LogP contribution in [0.15, 0.2) is 54.0 Å². The van der Waals surface area contributed by atoms with Crippen molar-refractivity contribution in [2.45, 2.75) is 6.54 Å². The molecule has 0 saturated carbocycles.